The van der Waals surface area contributed by atoms with E-state index >= 15 is 0 Å². The van der Waals surface area contributed by atoms with E-state index in [0.717, 1.165) is 0 Å². The standard InChI is InChI=1S/C12H27O10P/c13-1-3-17-5-7-19-9-11-21-23(15,16)22-12-10-20-8-6-18-4-2-14/h13-14H,1-12H2,(H,15,16). The predicted molar refractivity (Wildman–Crippen MR) is 79.2 cm³/mol. The van der Waals surface area contributed by atoms with Crippen molar-refractivity contribution in [1.82, 2.24) is 0 Å². The SMILES string of the molecule is O=P(O)(OCCOCCOCCO)OCCOCCOCCO. The van der Waals surface area contributed by atoms with E-state index in [4.69, 9.17) is 38.2 Å². The van der Waals surface area contributed by atoms with Gasteiger partial charge in [-0.1, -0.05) is 0 Å². The van der Waals surface area contributed by atoms with Gasteiger partial charge in [-0.25, -0.2) is 4.57 Å². The van der Waals surface area contributed by atoms with Crippen molar-refractivity contribution in [1.29, 1.82) is 0 Å². The van der Waals surface area contributed by atoms with Crippen molar-refractivity contribution in [2.24, 2.45) is 0 Å². The highest BCUT2D eigenvalue weighted by atomic mass is 31.2. The highest BCUT2D eigenvalue weighted by Crippen LogP contribution is 2.42. The van der Waals surface area contributed by atoms with E-state index in [9.17, 15) is 9.46 Å². The average Bonchev–Trinajstić information content (AvgIpc) is 2.52. The Labute approximate surface area is 135 Å². The van der Waals surface area contributed by atoms with Crippen LogP contribution < -0.4 is 0 Å². The van der Waals surface area contributed by atoms with Crippen molar-refractivity contribution < 1.29 is 47.7 Å². The number of phosphoric ester groups is 1. The molecule has 0 spiro atoms. The molecular formula is C12H27O10P. The van der Waals surface area contributed by atoms with E-state index < -0.39 is 7.82 Å². The second-order valence-electron chi connectivity index (χ2n) is 4.03. The lowest BCUT2D eigenvalue weighted by molar-refractivity contribution is 0.0122. The summed E-state index contributed by atoms with van der Waals surface area (Å²) in [6.07, 6.45) is 0. The quantitative estimate of drug-likeness (QED) is 0.210. The molecule has 0 fully saturated rings. The minimum Gasteiger partial charge on any atom is -0.394 e. The summed E-state index contributed by atoms with van der Waals surface area (Å²) in [4.78, 5) is 9.35. The summed E-state index contributed by atoms with van der Waals surface area (Å²) >= 11 is 0. The molecule has 0 saturated heterocycles. The Morgan fingerprint density at radius 3 is 1.22 bits per heavy atom. The van der Waals surface area contributed by atoms with Gasteiger partial charge in [-0.15, -0.1) is 0 Å². The summed E-state index contributed by atoms with van der Waals surface area (Å²) in [5.74, 6) is 0. The molecule has 0 unspecified atom stereocenters. The molecule has 0 amide bonds. The second-order valence-corrected chi connectivity index (χ2v) is 5.49. The van der Waals surface area contributed by atoms with Gasteiger partial charge in [0, 0.05) is 0 Å². The van der Waals surface area contributed by atoms with Gasteiger partial charge in [-0.05, 0) is 0 Å². The maximum absolute atomic E-state index is 11.5. The topological polar surface area (TPSA) is 133 Å². The normalized spacial score (nSPS) is 12.0. The fourth-order valence-corrected chi connectivity index (χ4v) is 1.92. The number of phosphoric acid groups is 1. The van der Waals surface area contributed by atoms with Crippen LogP contribution in [0.25, 0.3) is 0 Å². The molecule has 0 atom stereocenters. The van der Waals surface area contributed by atoms with E-state index in [1.54, 1.807) is 0 Å². The third kappa shape index (κ3) is 18.1. The molecule has 11 heteroatoms. The lowest BCUT2D eigenvalue weighted by atomic mass is 10.7. The second kappa shape index (κ2) is 16.7. The Bertz CT molecular complexity index is 267. The Kier molecular flexibility index (Phi) is 16.6. The maximum atomic E-state index is 11.5. The molecule has 10 nitrogen and oxygen atoms in total. The number of ether oxygens (including phenoxy) is 4. The number of aliphatic hydroxyl groups is 2. The number of hydrogen-bond donors (Lipinski definition) is 3. The van der Waals surface area contributed by atoms with Crippen molar-refractivity contribution >= 4 is 7.82 Å². The Morgan fingerprint density at radius 2 is 0.870 bits per heavy atom. The molecule has 0 aliphatic rings. The van der Waals surface area contributed by atoms with Crippen LogP contribution in [0, 0.1) is 0 Å². The maximum Gasteiger partial charge on any atom is 0.472 e. The van der Waals surface area contributed by atoms with Gasteiger partial charge >= 0.3 is 7.82 Å². The fraction of sp³-hybridized carbons (Fsp3) is 1.00. The van der Waals surface area contributed by atoms with Crippen LogP contribution in [0.1, 0.15) is 0 Å². The fourth-order valence-electron chi connectivity index (χ4n) is 1.23. The largest absolute Gasteiger partial charge is 0.472 e. The number of rotatable bonds is 18. The van der Waals surface area contributed by atoms with E-state index in [2.05, 4.69) is 0 Å². The molecule has 0 saturated carbocycles. The van der Waals surface area contributed by atoms with Gasteiger partial charge in [0.05, 0.1) is 79.3 Å². The highest BCUT2D eigenvalue weighted by molar-refractivity contribution is 7.47. The predicted octanol–water partition coefficient (Wildman–Crippen LogP) is -0.829. The number of hydrogen-bond acceptors (Lipinski definition) is 9. The van der Waals surface area contributed by atoms with Crippen LogP contribution >= 0.6 is 7.82 Å². The zero-order chi connectivity index (χ0) is 17.2. The van der Waals surface area contributed by atoms with Crippen molar-refractivity contribution in [2.45, 2.75) is 0 Å². The third-order valence-electron chi connectivity index (χ3n) is 2.18. The Balaban J connectivity index is 3.35. The van der Waals surface area contributed by atoms with Crippen molar-refractivity contribution in [3.63, 3.8) is 0 Å². The Morgan fingerprint density at radius 1 is 0.565 bits per heavy atom. The highest BCUT2D eigenvalue weighted by Gasteiger charge is 2.20. The Hall–Kier alpha value is -0.130. The molecule has 140 valence electrons. The molecule has 23 heavy (non-hydrogen) atoms. The van der Waals surface area contributed by atoms with Gasteiger partial charge in [0.1, 0.15) is 0 Å². The molecule has 0 bridgehead atoms. The molecule has 0 aromatic rings. The first kappa shape index (κ1) is 22.9. The molecule has 0 radical (unpaired) electrons. The minimum absolute atomic E-state index is 0.0481. The van der Waals surface area contributed by atoms with Crippen LogP contribution in [0.4, 0.5) is 0 Å². The molecule has 0 aromatic carbocycles. The smallest absolute Gasteiger partial charge is 0.394 e. The molecular weight excluding hydrogens is 335 g/mol. The lowest BCUT2D eigenvalue weighted by Crippen LogP contribution is -2.12. The van der Waals surface area contributed by atoms with Gasteiger partial charge in [-0.2, -0.15) is 0 Å². The monoisotopic (exact) mass is 362 g/mol. The van der Waals surface area contributed by atoms with Crippen LogP contribution in [-0.2, 0) is 32.6 Å². The molecule has 0 aliphatic heterocycles. The third-order valence-corrected chi connectivity index (χ3v) is 3.20. The molecule has 0 rings (SSSR count). The zero-order valence-electron chi connectivity index (χ0n) is 13.1. The summed E-state index contributed by atoms with van der Waals surface area (Å²) < 4.78 is 40.9. The molecule has 0 aliphatic carbocycles. The first-order valence-electron chi connectivity index (χ1n) is 7.27. The first-order chi connectivity index (χ1) is 11.1. The molecule has 0 aromatic heterocycles. The van der Waals surface area contributed by atoms with E-state index in [1.807, 2.05) is 0 Å². The summed E-state index contributed by atoms with van der Waals surface area (Å²) in [6.45, 7) is 1.70. The van der Waals surface area contributed by atoms with Crippen LogP contribution in [0.2, 0.25) is 0 Å². The lowest BCUT2D eigenvalue weighted by Gasteiger charge is -2.12. The summed E-state index contributed by atoms with van der Waals surface area (Å²) in [5.41, 5.74) is 0. The van der Waals surface area contributed by atoms with Crippen LogP contribution in [-0.4, -0.2) is 94.4 Å². The van der Waals surface area contributed by atoms with E-state index in [1.165, 1.54) is 0 Å². The van der Waals surface area contributed by atoms with Crippen LogP contribution in [0.5, 0.6) is 0 Å². The van der Waals surface area contributed by atoms with Gasteiger partial charge in [0.2, 0.25) is 0 Å². The average molecular weight is 362 g/mol. The number of aliphatic hydroxyl groups excluding tert-OH is 2. The van der Waals surface area contributed by atoms with Crippen LogP contribution in [0.15, 0.2) is 0 Å². The van der Waals surface area contributed by atoms with Gasteiger partial charge in [0.25, 0.3) is 0 Å². The van der Waals surface area contributed by atoms with Gasteiger partial charge < -0.3 is 34.1 Å². The molecule has 3 N–H and O–H groups in total. The molecule has 0 heterocycles. The zero-order valence-corrected chi connectivity index (χ0v) is 14.0. The van der Waals surface area contributed by atoms with Gasteiger partial charge in [-0.3, -0.25) is 9.05 Å². The first-order valence-corrected chi connectivity index (χ1v) is 8.76. The van der Waals surface area contributed by atoms with Crippen molar-refractivity contribution in [2.75, 3.05) is 79.3 Å². The summed E-state index contributed by atoms with van der Waals surface area (Å²) in [5, 5.41) is 16.9. The van der Waals surface area contributed by atoms with Gasteiger partial charge in [0.15, 0.2) is 0 Å². The van der Waals surface area contributed by atoms with E-state index in [0.29, 0.717) is 26.4 Å². The minimum atomic E-state index is -4.11. The summed E-state index contributed by atoms with van der Waals surface area (Å²) in [7, 11) is -4.11. The van der Waals surface area contributed by atoms with Crippen molar-refractivity contribution in [3.05, 3.63) is 0 Å². The summed E-state index contributed by atoms with van der Waals surface area (Å²) in [6, 6.07) is 0. The van der Waals surface area contributed by atoms with E-state index in [-0.39, 0.29) is 52.9 Å². The van der Waals surface area contributed by atoms with Crippen LogP contribution in [0.3, 0.4) is 0 Å². The van der Waals surface area contributed by atoms with Crippen molar-refractivity contribution in [3.8, 4) is 0 Å².